The minimum absolute atomic E-state index is 0.177. The van der Waals surface area contributed by atoms with E-state index < -0.39 is 0 Å². The number of thiophene rings is 1. The molecule has 2 aromatic rings. The number of aromatic amines is 1. The fourth-order valence-corrected chi connectivity index (χ4v) is 4.35. The van der Waals surface area contributed by atoms with E-state index >= 15 is 0 Å². The van der Waals surface area contributed by atoms with Crippen LogP contribution in [0.2, 0.25) is 0 Å². The van der Waals surface area contributed by atoms with Crippen LogP contribution in [0.5, 0.6) is 0 Å². The van der Waals surface area contributed by atoms with Crippen LogP contribution in [-0.2, 0) is 22.4 Å². The van der Waals surface area contributed by atoms with E-state index in [1.807, 2.05) is 0 Å². The van der Waals surface area contributed by atoms with Crippen molar-refractivity contribution >= 4 is 40.0 Å². The molecule has 0 radical (unpaired) electrons. The van der Waals surface area contributed by atoms with Crippen LogP contribution in [0.25, 0.3) is 0 Å². The number of thioether (sulfide) groups is 1. The summed E-state index contributed by atoms with van der Waals surface area (Å²) < 4.78 is 5.14. The number of amides is 1. The van der Waals surface area contributed by atoms with Gasteiger partial charge in [0.2, 0.25) is 5.91 Å². The van der Waals surface area contributed by atoms with Crippen molar-refractivity contribution in [1.29, 1.82) is 0 Å². The molecule has 0 spiro atoms. The number of carbonyl (C=O) groups excluding carboxylic acids is 2. The van der Waals surface area contributed by atoms with Crippen molar-refractivity contribution in [1.82, 2.24) is 15.4 Å². The molecule has 2 aromatic heterocycles. The van der Waals surface area contributed by atoms with Crippen LogP contribution in [0.15, 0.2) is 11.2 Å². The second-order valence-electron chi connectivity index (χ2n) is 4.93. The van der Waals surface area contributed by atoms with Crippen LogP contribution in [-0.4, -0.2) is 39.6 Å². The Morgan fingerprint density at radius 2 is 2.35 bits per heavy atom. The third-order valence-electron chi connectivity index (χ3n) is 3.40. The number of nitrogens with one attached hydrogen (secondary N) is 2. The Morgan fingerprint density at radius 1 is 1.48 bits per heavy atom. The minimum atomic E-state index is -0.355. The number of H-pyrrole nitrogens is 1. The van der Waals surface area contributed by atoms with Gasteiger partial charge in [-0.1, -0.05) is 11.8 Å². The molecule has 122 valence electrons. The van der Waals surface area contributed by atoms with Gasteiger partial charge in [-0.05, 0) is 31.7 Å². The van der Waals surface area contributed by atoms with E-state index in [2.05, 4.69) is 20.7 Å². The molecule has 0 saturated heterocycles. The van der Waals surface area contributed by atoms with Crippen molar-refractivity contribution in [3.05, 3.63) is 22.2 Å². The number of carbonyl (C=O) groups is 2. The molecule has 23 heavy (non-hydrogen) atoms. The maximum atomic E-state index is 12.2. The van der Waals surface area contributed by atoms with Gasteiger partial charge in [0, 0.05) is 4.88 Å². The number of fused-ring (bicyclic) bond motifs is 1. The molecule has 0 aromatic carbocycles. The first-order chi connectivity index (χ1) is 11.2. The predicted molar refractivity (Wildman–Crippen MR) is 88.0 cm³/mol. The number of nitrogens with zero attached hydrogens (tertiary/aromatic N) is 2. The van der Waals surface area contributed by atoms with Gasteiger partial charge in [-0.2, -0.15) is 10.3 Å². The molecule has 0 aliphatic heterocycles. The first-order valence-electron chi connectivity index (χ1n) is 7.29. The number of hydrogen-bond acceptors (Lipinski definition) is 7. The van der Waals surface area contributed by atoms with Gasteiger partial charge in [0.15, 0.2) is 0 Å². The van der Waals surface area contributed by atoms with E-state index in [-0.39, 0.29) is 17.6 Å². The quantitative estimate of drug-likeness (QED) is 0.611. The highest BCUT2D eigenvalue weighted by Crippen LogP contribution is 2.39. The van der Waals surface area contributed by atoms with E-state index in [9.17, 15) is 9.59 Å². The molecule has 0 bridgehead atoms. The van der Waals surface area contributed by atoms with Gasteiger partial charge in [0.25, 0.3) is 0 Å². The second kappa shape index (κ2) is 7.14. The molecule has 2 N–H and O–H groups in total. The minimum Gasteiger partial charge on any atom is -0.462 e. The van der Waals surface area contributed by atoms with Gasteiger partial charge >= 0.3 is 5.97 Å². The molecule has 1 amide bonds. The van der Waals surface area contributed by atoms with E-state index in [4.69, 9.17) is 4.74 Å². The molecular formula is C14H16N4O3S2. The van der Waals surface area contributed by atoms with Crippen molar-refractivity contribution in [3.8, 4) is 0 Å². The standard InChI is InChI=1S/C14H16N4O3S2/c1-2-21-14(20)12-8-4-3-5-9(8)23-13(12)16-10(19)7-22-11-6-15-18-17-11/h6H,2-5,7H2,1H3,(H,16,19)(H,15,17,18). The summed E-state index contributed by atoms with van der Waals surface area (Å²) in [6.07, 6.45) is 4.42. The lowest BCUT2D eigenvalue weighted by molar-refractivity contribution is -0.113. The van der Waals surface area contributed by atoms with Gasteiger partial charge < -0.3 is 10.1 Å². The van der Waals surface area contributed by atoms with Crippen molar-refractivity contribution in [3.63, 3.8) is 0 Å². The Labute approximate surface area is 141 Å². The number of rotatable bonds is 6. The molecule has 3 rings (SSSR count). The fourth-order valence-electron chi connectivity index (χ4n) is 2.47. The average Bonchev–Trinajstić information content (AvgIpc) is 3.22. The molecule has 0 fully saturated rings. The molecule has 1 aliphatic rings. The highest BCUT2D eigenvalue weighted by molar-refractivity contribution is 7.99. The van der Waals surface area contributed by atoms with Crippen LogP contribution in [0.4, 0.5) is 5.00 Å². The summed E-state index contributed by atoms with van der Waals surface area (Å²) in [6, 6.07) is 0. The second-order valence-corrected chi connectivity index (χ2v) is 7.03. The molecule has 0 atom stereocenters. The fraction of sp³-hybridized carbons (Fsp3) is 0.429. The third-order valence-corrected chi connectivity index (χ3v) is 5.50. The monoisotopic (exact) mass is 352 g/mol. The Balaban J connectivity index is 1.71. The highest BCUT2D eigenvalue weighted by atomic mass is 32.2. The first kappa shape index (κ1) is 16.0. The zero-order chi connectivity index (χ0) is 16.2. The van der Waals surface area contributed by atoms with E-state index in [0.29, 0.717) is 22.2 Å². The Hall–Kier alpha value is -1.87. The zero-order valence-electron chi connectivity index (χ0n) is 12.5. The summed E-state index contributed by atoms with van der Waals surface area (Å²) in [5, 5.41) is 14.2. The van der Waals surface area contributed by atoms with Crippen LogP contribution in [0.3, 0.4) is 0 Å². The lowest BCUT2D eigenvalue weighted by atomic mass is 10.1. The number of aromatic nitrogens is 3. The zero-order valence-corrected chi connectivity index (χ0v) is 14.2. The highest BCUT2D eigenvalue weighted by Gasteiger charge is 2.28. The average molecular weight is 352 g/mol. The normalized spacial score (nSPS) is 12.9. The maximum Gasteiger partial charge on any atom is 0.341 e. The lowest BCUT2D eigenvalue weighted by Gasteiger charge is -2.07. The van der Waals surface area contributed by atoms with E-state index in [0.717, 1.165) is 24.8 Å². The summed E-state index contributed by atoms with van der Waals surface area (Å²) in [4.78, 5) is 25.5. The topological polar surface area (TPSA) is 97.0 Å². The molecule has 2 heterocycles. The first-order valence-corrected chi connectivity index (χ1v) is 9.09. The van der Waals surface area contributed by atoms with Gasteiger partial charge in [-0.15, -0.1) is 16.4 Å². The lowest BCUT2D eigenvalue weighted by Crippen LogP contribution is -2.16. The Bertz CT molecular complexity index is 712. The van der Waals surface area contributed by atoms with Gasteiger partial charge in [-0.3, -0.25) is 4.79 Å². The molecule has 1 aliphatic carbocycles. The van der Waals surface area contributed by atoms with Crippen LogP contribution in [0.1, 0.15) is 34.1 Å². The summed E-state index contributed by atoms with van der Waals surface area (Å²) >= 11 is 2.76. The number of hydrogen-bond donors (Lipinski definition) is 2. The Kier molecular flexibility index (Phi) is 4.97. The molecule has 0 unspecified atom stereocenters. The van der Waals surface area contributed by atoms with Gasteiger partial charge in [-0.25, -0.2) is 4.79 Å². The smallest absolute Gasteiger partial charge is 0.341 e. The Morgan fingerprint density at radius 3 is 3.09 bits per heavy atom. The number of ether oxygens (including phenoxy) is 1. The van der Waals surface area contributed by atoms with Gasteiger partial charge in [0.1, 0.15) is 10.0 Å². The summed E-state index contributed by atoms with van der Waals surface area (Å²) in [6.45, 7) is 2.09. The number of aryl methyl sites for hydroxylation is 1. The van der Waals surface area contributed by atoms with Gasteiger partial charge in [0.05, 0.1) is 24.1 Å². The molecule has 9 heteroatoms. The summed E-state index contributed by atoms with van der Waals surface area (Å²) in [5.41, 5.74) is 1.57. The predicted octanol–water partition coefficient (Wildman–Crippen LogP) is 2.26. The summed E-state index contributed by atoms with van der Waals surface area (Å²) in [7, 11) is 0. The third kappa shape index (κ3) is 3.56. The van der Waals surface area contributed by atoms with E-state index in [1.54, 1.807) is 13.1 Å². The van der Waals surface area contributed by atoms with Crippen LogP contribution < -0.4 is 5.32 Å². The van der Waals surface area contributed by atoms with Crippen molar-refractivity contribution < 1.29 is 14.3 Å². The SMILES string of the molecule is CCOC(=O)c1c(NC(=O)CSc2cn[nH]n2)sc2c1CCC2. The van der Waals surface area contributed by atoms with Crippen molar-refractivity contribution in [2.75, 3.05) is 17.7 Å². The number of esters is 1. The van der Waals surface area contributed by atoms with Crippen molar-refractivity contribution in [2.45, 2.75) is 31.2 Å². The molecule has 0 saturated carbocycles. The van der Waals surface area contributed by atoms with E-state index in [1.165, 1.54) is 28.0 Å². The van der Waals surface area contributed by atoms with Crippen LogP contribution in [0, 0.1) is 0 Å². The largest absolute Gasteiger partial charge is 0.462 e. The number of anilines is 1. The molecular weight excluding hydrogens is 336 g/mol. The summed E-state index contributed by atoms with van der Waals surface area (Å²) in [5.74, 6) is -0.327. The van der Waals surface area contributed by atoms with Crippen molar-refractivity contribution in [2.24, 2.45) is 0 Å². The van der Waals surface area contributed by atoms with Crippen LogP contribution >= 0.6 is 23.1 Å². The maximum absolute atomic E-state index is 12.2. The molecule has 7 nitrogen and oxygen atoms in total.